The van der Waals surface area contributed by atoms with Crippen molar-refractivity contribution >= 4 is 0 Å². The lowest BCUT2D eigenvalue weighted by molar-refractivity contribution is 0.137. The summed E-state index contributed by atoms with van der Waals surface area (Å²) in [6.45, 7) is 0.583. The Kier molecular flexibility index (Phi) is 5.69. The number of ether oxygens (including phenoxy) is 1. The molecule has 1 aliphatic carbocycles. The van der Waals surface area contributed by atoms with E-state index in [9.17, 15) is 17.6 Å². The first-order valence-electron chi connectivity index (χ1n) is 9.64. The molecule has 1 unspecified atom stereocenters. The Labute approximate surface area is 165 Å². The van der Waals surface area contributed by atoms with Crippen LogP contribution in [0.3, 0.4) is 0 Å². The summed E-state index contributed by atoms with van der Waals surface area (Å²) >= 11 is 0. The summed E-state index contributed by atoms with van der Waals surface area (Å²) in [6, 6.07) is 1.47. The van der Waals surface area contributed by atoms with E-state index in [0.29, 0.717) is 32.0 Å². The molecular weight excluding hydrogens is 388 g/mol. The molecule has 1 aliphatic heterocycles. The van der Waals surface area contributed by atoms with E-state index < -0.39 is 24.1 Å². The summed E-state index contributed by atoms with van der Waals surface area (Å²) in [4.78, 5) is 10.7. The number of halogens is 4. The van der Waals surface area contributed by atoms with Crippen LogP contribution in [0, 0.1) is 17.5 Å². The largest absolute Gasteiger partial charge is 0.461 e. The second kappa shape index (κ2) is 8.23. The van der Waals surface area contributed by atoms with Crippen LogP contribution < -0.4 is 10.5 Å². The summed E-state index contributed by atoms with van der Waals surface area (Å²) in [6.07, 6.45) is 3.63. The molecule has 9 heteroatoms. The average Bonchev–Trinajstić information content (AvgIpc) is 3.13. The monoisotopic (exact) mass is 410 g/mol. The van der Waals surface area contributed by atoms with Gasteiger partial charge in [0.25, 0.3) is 0 Å². The minimum atomic E-state index is -1.20. The molecule has 2 aliphatic rings. The van der Waals surface area contributed by atoms with Crippen LogP contribution in [0.5, 0.6) is 6.01 Å². The maximum absolute atomic E-state index is 14.2. The molecule has 156 valence electrons. The van der Waals surface area contributed by atoms with E-state index in [4.69, 9.17) is 10.5 Å². The zero-order chi connectivity index (χ0) is 20.5. The normalized spacial score (nSPS) is 24.5. The summed E-state index contributed by atoms with van der Waals surface area (Å²) in [5, 5.41) is 0. The third-order valence-electron chi connectivity index (χ3n) is 5.79. The maximum atomic E-state index is 14.2. The van der Waals surface area contributed by atoms with Crippen molar-refractivity contribution in [2.75, 3.05) is 13.3 Å². The quantitative estimate of drug-likeness (QED) is 0.606. The van der Waals surface area contributed by atoms with Crippen molar-refractivity contribution in [3.8, 4) is 6.01 Å². The molecule has 1 fully saturated rings. The van der Waals surface area contributed by atoms with Crippen molar-refractivity contribution in [1.82, 2.24) is 14.9 Å². The molecule has 1 saturated carbocycles. The molecule has 0 saturated heterocycles. The third kappa shape index (κ3) is 4.06. The van der Waals surface area contributed by atoms with Crippen LogP contribution >= 0.6 is 0 Å². The Balaban J connectivity index is 1.42. The number of hydrogen-bond donors (Lipinski definition) is 1. The van der Waals surface area contributed by atoms with Gasteiger partial charge in [-0.15, -0.1) is 0 Å². The average molecular weight is 410 g/mol. The van der Waals surface area contributed by atoms with Gasteiger partial charge in [0.05, 0.1) is 5.69 Å². The van der Waals surface area contributed by atoms with Crippen LogP contribution in [0.25, 0.3) is 0 Å². The van der Waals surface area contributed by atoms with Gasteiger partial charge in [0.15, 0.2) is 11.6 Å². The topological polar surface area (TPSA) is 64.3 Å². The second-order valence-corrected chi connectivity index (χ2v) is 7.59. The highest BCUT2D eigenvalue weighted by molar-refractivity contribution is 5.27. The minimum Gasteiger partial charge on any atom is -0.461 e. The molecule has 2 aromatic rings. The summed E-state index contributed by atoms with van der Waals surface area (Å²) in [5.74, 6) is -3.37. The van der Waals surface area contributed by atoms with Gasteiger partial charge in [0.1, 0.15) is 19.1 Å². The van der Waals surface area contributed by atoms with Crippen molar-refractivity contribution in [3.63, 3.8) is 0 Å². The van der Waals surface area contributed by atoms with Crippen molar-refractivity contribution < 1.29 is 22.3 Å². The smallest absolute Gasteiger partial charge is 0.316 e. The standard InChI is InChI=1S/C20H22F4N4O/c21-3-4-29-20-26-8-11-9-28(10-19(11)27-20)12-1-2-13(18(25)5-12)14-6-16(23)17(24)7-15(14)22/h6-8,12-13,18H,1-5,9-10,25H2/t12?,13-,18+/m1/s1. The fourth-order valence-electron chi connectivity index (χ4n) is 4.34. The molecule has 1 aromatic heterocycles. The SMILES string of the molecule is N[C@H]1CC(N2Cc3cnc(OCCF)nc3C2)CC[C@@H]1c1cc(F)c(F)cc1F. The van der Waals surface area contributed by atoms with E-state index in [1.165, 1.54) is 0 Å². The molecule has 2 N–H and O–H groups in total. The highest BCUT2D eigenvalue weighted by atomic mass is 19.2. The molecular formula is C20H22F4N4O. The predicted molar refractivity (Wildman–Crippen MR) is 97.4 cm³/mol. The number of nitrogens with zero attached hydrogens (tertiary/aromatic N) is 3. The molecule has 29 heavy (non-hydrogen) atoms. The number of rotatable bonds is 5. The van der Waals surface area contributed by atoms with Gasteiger partial charge < -0.3 is 10.5 Å². The first kappa shape index (κ1) is 20.0. The van der Waals surface area contributed by atoms with E-state index in [-0.39, 0.29) is 36.2 Å². The van der Waals surface area contributed by atoms with Gasteiger partial charge >= 0.3 is 6.01 Å². The maximum Gasteiger partial charge on any atom is 0.316 e. The Hall–Kier alpha value is -2.26. The Morgan fingerprint density at radius 2 is 1.90 bits per heavy atom. The summed E-state index contributed by atoms with van der Waals surface area (Å²) in [7, 11) is 0. The zero-order valence-corrected chi connectivity index (χ0v) is 15.8. The molecule has 0 amide bonds. The van der Waals surface area contributed by atoms with Crippen LogP contribution in [-0.4, -0.2) is 40.2 Å². The first-order valence-corrected chi connectivity index (χ1v) is 9.64. The van der Waals surface area contributed by atoms with E-state index in [1.54, 1.807) is 6.20 Å². The van der Waals surface area contributed by atoms with Gasteiger partial charge in [0.2, 0.25) is 0 Å². The second-order valence-electron chi connectivity index (χ2n) is 7.59. The number of aromatic nitrogens is 2. The summed E-state index contributed by atoms with van der Waals surface area (Å²) in [5.41, 5.74) is 8.29. The van der Waals surface area contributed by atoms with E-state index >= 15 is 0 Å². The lowest BCUT2D eigenvalue weighted by Gasteiger charge is -2.38. The van der Waals surface area contributed by atoms with Gasteiger partial charge in [-0.3, -0.25) is 4.90 Å². The lowest BCUT2D eigenvalue weighted by atomic mass is 9.77. The molecule has 5 nitrogen and oxygen atoms in total. The van der Waals surface area contributed by atoms with Crippen LogP contribution in [0.2, 0.25) is 0 Å². The van der Waals surface area contributed by atoms with Gasteiger partial charge in [-0.1, -0.05) is 0 Å². The fourth-order valence-corrected chi connectivity index (χ4v) is 4.34. The van der Waals surface area contributed by atoms with Gasteiger partial charge in [0, 0.05) is 48.9 Å². The lowest BCUT2D eigenvalue weighted by Crippen LogP contribution is -2.44. The minimum absolute atomic E-state index is 0.0814. The van der Waals surface area contributed by atoms with Gasteiger partial charge in [-0.2, -0.15) is 4.98 Å². The molecule has 0 radical (unpaired) electrons. The number of hydrogen-bond acceptors (Lipinski definition) is 5. The molecule has 0 spiro atoms. The Morgan fingerprint density at radius 3 is 2.66 bits per heavy atom. The van der Waals surface area contributed by atoms with Crippen LogP contribution in [0.15, 0.2) is 18.3 Å². The molecule has 0 bridgehead atoms. The van der Waals surface area contributed by atoms with E-state index in [2.05, 4.69) is 14.9 Å². The van der Waals surface area contributed by atoms with E-state index in [0.717, 1.165) is 23.7 Å². The Bertz CT molecular complexity index is 897. The van der Waals surface area contributed by atoms with Gasteiger partial charge in [-0.25, -0.2) is 22.5 Å². The number of fused-ring (bicyclic) bond motifs is 1. The van der Waals surface area contributed by atoms with Crippen molar-refractivity contribution in [1.29, 1.82) is 0 Å². The highest BCUT2D eigenvalue weighted by Crippen LogP contribution is 2.38. The van der Waals surface area contributed by atoms with Crippen molar-refractivity contribution in [3.05, 3.63) is 52.6 Å². The Morgan fingerprint density at radius 1 is 1.10 bits per heavy atom. The summed E-state index contributed by atoms with van der Waals surface area (Å²) < 4.78 is 58.4. The highest BCUT2D eigenvalue weighted by Gasteiger charge is 2.36. The van der Waals surface area contributed by atoms with Crippen molar-refractivity contribution in [2.45, 2.75) is 50.4 Å². The third-order valence-corrected chi connectivity index (χ3v) is 5.79. The van der Waals surface area contributed by atoms with E-state index in [1.807, 2.05) is 0 Å². The molecule has 1 aromatic carbocycles. The van der Waals surface area contributed by atoms with Crippen LogP contribution in [0.1, 0.15) is 42.0 Å². The number of benzene rings is 1. The molecule has 3 atom stereocenters. The molecule has 2 heterocycles. The number of alkyl halides is 1. The van der Waals surface area contributed by atoms with Crippen LogP contribution in [0.4, 0.5) is 17.6 Å². The zero-order valence-electron chi connectivity index (χ0n) is 15.8. The van der Waals surface area contributed by atoms with Crippen molar-refractivity contribution in [2.24, 2.45) is 5.73 Å². The molecule has 4 rings (SSSR count). The van der Waals surface area contributed by atoms with Crippen LogP contribution in [-0.2, 0) is 13.1 Å². The first-order chi connectivity index (χ1) is 14.0. The predicted octanol–water partition coefficient (Wildman–Crippen LogP) is 3.22. The number of nitrogens with two attached hydrogens (primary N) is 1. The fraction of sp³-hybridized carbons (Fsp3) is 0.500. The van der Waals surface area contributed by atoms with Gasteiger partial charge in [-0.05, 0) is 30.9 Å².